The second-order valence-electron chi connectivity index (χ2n) is 3.71. The molecular formula is C11H17N3O4. The summed E-state index contributed by atoms with van der Waals surface area (Å²) in [6, 6.07) is 1.38. The molecule has 0 aromatic carbocycles. The maximum Gasteiger partial charge on any atom is 0.328 e. The number of H-pyrrole nitrogens is 1. The molecule has 7 heteroatoms. The van der Waals surface area contributed by atoms with Crippen LogP contribution >= 0.6 is 0 Å². The first-order chi connectivity index (χ1) is 8.27. The van der Waals surface area contributed by atoms with E-state index in [1.165, 1.54) is 27.1 Å². The lowest BCUT2D eigenvalue weighted by atomic mass is 10.3. The number of nitrogens with zero attached hydrogens (tertiary/aromatic N) is 1. The molecule has 0 unspecified atom stereocenters. The summed E-state index contributed by atoms with van der Waals surface area (Å²) in [6.07, 6.45) is -0.00347. The molecule has 0 atom stereocenters. The van der Waals surface area contributed by atoms with E-state index in [1.54, 1.807) is 6.92 Å². The summed E-state index contributed by atoms with van der Waals surface area (Å²) >= 11 is 0. The zero-order valence-electron chi connectivity index (χ0n) is 10.9. The summed E-state index contributed by atoms with van der Waals surface area (Å²) in [5.41, 5.74) is -0.0562. The Hall–Kier alpha value is -2.18. The minimum Gasteiger partial charge on any atom is -0.359 e. The van der Waals surface area contributed by atoms with Crippen LogP contribution in [0.2, 0.25) is 0 Å². The van der Waals surface area contributed by atoms with Crippen molar-refractivity contribution < 1.29 is 9.59 Å². The van der Waals surface area contributed by atoms with Crippen LogP contribution < -0.4 is 16.6 Å². The highest BCUT2D eigenvalue weighted by atomic mass is 16.2. The topological polar surface area (TPSA) is 101 Å². The van der Waals surface area contributed by atoms with Gasteiger partial charge in [-0.25, -0.2) is 4.79 Å². The molecule has 1 heterocycles. The van der Waals surface area contributed by atoms with Crippen LogP contribution in [-0.2, 0) is 16.6 Å². The molecule has 0 aliphatic rings. The SMILES string of the molecule is CNC(=O)CC(C)=O.Cc1cc(=O)n(C)c(=O)[nH]1. The van der Waals surface area contributed by atoms with Gasteiger partial charge in [-0.2, -0.15) is 0 Å². The van der Waals surface area contributed by atoms with Crippen LogP contribution in [-0.4, -0.2) is 28.3 Å². The number of hydrogen-bond donors (Lipinski definition) is 2. The Morgan fingerprint density at radius 3 is 2.28 bits per heavy atom. The molecule has 1 aromatic rings. The molecule has 7 nitrogen and oxygen atoms in total. The van der Waals surface area contributed by atoms with Gasteiger partial charge in [-0.3, -0.25) is 19.0 Å². The number of amides is 1. The summed E-state index contributed by atoms with van der Waals surface area (Å²) < 4.78 is 1.02. The van der Waals surface area contributed by atoms with E-state index >= 15 is 0 Å². The average Bonchev–Trinajstić information content (AvgIpc) is 2.25. The van der Waals surface area contributed by atoms with Crippen molar-refractivity contribution in [3.63, 3.8) is 0 Å². The van der Waals surface area contributed by atoms with Crippen molar-refractivity contribution in [2.45, 2.75) is 20.3 Å². The van der Waals surface area contributed by atoms with E-state index in [-0.39, 0.29) is 29.4 Å². The lowest BCUT2D eigenvalue weighted by Crippen LogP contribution is -2.32. The largest absolute Gasteiger partial charge is 0.359 e. The maximum atomic E-state index is 10.8. The standard InChI is InChI=1S/C6H8N2O2.C5H9NO2/c1-4-3-5(9)8(2)6(10)7-4;1-4(7)3-5(8)6-2/h3H,1-2H3,(H,7,10);3H2,1-2H3,(H,6,8). The Morgan fingerprint density at radius 2 is 1.94 bits per heavy atom. The number of ketones is 1. The van der Waals surface area contributed by atoms with E-state index < -0.39 is 0 Å². The highest BCUT2D eigenvalue weighted by Gasteiger charge is 1.99. The average molecular weight is 255 g/mol. The number of carbonyl (C=O) groups is 2. The third kappa shape index (κ3) is 5.78. The van der Waals surface area contributed by atoms with E-state index in [2.05, 4.69) is 10.3 Å². The molecule has 0 fully saturated rings. The van der Waals surface area contributed by atoms with Crippen LogP contribution in [0.3, 0.4) is 0 Å². The smallest absolute Gasteiger partial charge is 0.328 e. The molecule has 1 aromatic heterocycles. The van der Waals surface area contributed by atoms with Crippen molar-refractivity contribution in [2.75, 3.05) is 7.05 Å². The van der Waals surface area contributed by atoms with Gasteiger partial charge in [0, 0.05) is 25.9 Å². The Morgan fingerprint density at radius 1 is 1.39 bits per heavy atom. The quantitative estimate of drug-likeness (QED) is 0.668. The summed E-state index contributed by atoms with van der Waals surface area (Å²) in [6.45, 7) is 3.05. The van der Waals surface area contributed by atoms with Crippen molar-refractivity contribution in [2.24, 2.45) is 7.05 Å². The number of nitrogens with one attached hydrogen (secondary N) is 2. The number of rotatable bonds is 2. The third-order valence-corrected chi connectivity index (χ3v) is 1.97. The molecule has 18 heavy (non-hydrogen) atoms. The Kier molecular flexibility index (Phi) is 6.33. The second-order valence-corrected chi connectivity index (χ2v) is 3.71. The third-order valence-electron chi connectivity index (χ3n) is 1.97. The van der Waals surface area contributed by atoms with Crippen molar-refractivity contribution in [3.8, 4) is 0 Å². The van der Waals surface area contributed by atoms with E-state index in [1.807, 2.05) is 0 Å². The maximum absolute atomic E-state index is 10.8. The Labute approximate surface area is 104 Å². The fraction of sp³-hybridized carbons (Fsp3) is 0.455. The fourth-order valence-electron chi connectivity index (χ4n) is 0.985. The summed E-state index contributed by atoms with van der Waals surface area (Å²) in [7, 11) is 2.94. The molecular weight excluding hydrogens is 238 g/mol. The molecule has 0 bridgehead atoms. The highest BCUT2D eigenvalue weighted by molar-refractivity contribution is 5.96. The van der Waals surface area contributed by atoms with Crippen molar-refractivity contribution >= 4 is 11.7 Å². The van der Waals surface area contributed by atoms with Crippen LogP contribution in [0.5, 0.6) is 0 Å². The summed E-state index contributed by atoms with van der Waals surface area (Å²) in [5, 5.41) is 2.34. The van der Waals surface area contributed by atoms with Crippen molar-refractivity contribution in [1.82, 2.24) is 14.9 Å². The minimum atomic E-state index is -0.370. The van der Waals surface area contributed by atoms with Crippen LogP contribution in [0.1, 0.15) is 19.0 Å². The van der Waals surface area contributed by atoms with Crippen LogP contribution in [0.25, 0.3) is 0 Å². The number of Topliss-reactive ketones (excluding diaryl/α,β-unsaturated/α-hetero) is 1. The molecule has 0 saturated heterocycles. The predicted octanol–water partition coefficient (Wildman–Crippen LogP) is -0.906. The summed E-state index contributed by atoms with van der Waals surface area (Å²) in [5.74, 6) is -0.332. The Bertz CT molecular complexity index is 511. The highest BCUT2D eigenvalue weighted by Crippen LogP contribution is 1.78. The van der Waals surface area contributed by atoms with Crippen LogP contribution in [0, 0.1) is 6.92 Å². The van der Waals surface area contributed by atoms with Crippen molar-refractivity contribution in [3.05, 3.63) is 32.6 Å². The second kappa shape index (κ2) is 7.21. The normalized spacial score (nSPS) is 9.11. The molecule has 1 rings (SSSR count). The van der Waals surface area contributed by atoms with E-state index in [0.717, 1.165) is 4.57 Å². The fourth-order valence-corrected chi connectivity index (χ4v) is 0.985. The van der Waals surface area contributed by atoms with Gasteiger partial charge in [0.05, 0.1) is 6.42 Å². The van der Waals surface area contributed by atoms with Gasteiger partial charge < -0.3 is 10.3 Å². The Balaban J connectivity index is 0.000000331. The van der Waals surface area contributed by atoms with Gasteiger partial charge in [-0.15, -0.1) is 0 Å². The number of carbonyl (C=O) groups excluding carboxylic acids is 2. The lowest BCUT2D eigenvalue weighted by molar-refractivity contribution is -0.126. The first-order valence-electron chi connectivity index (χ1n) is 5.25. The molecule has 0 spiro atoms. The van der Waals surface area contributed by atoms with Gasteiger partial charge in [0.1, 0.15) is 5.78 Å². The van der Waals surface area contributed by atoms with Crippen LogP contribution in [0.15, 0.2) is 15.7 Å². The molecule has 2 N–H and O–H groups in total. The van der Waals surface area contributed by atoms with E-state index in [4.69, 9.17) is 0 Å². The van der Waals surface area contributed by atoms with Crippen molar-refractivity contribution in [1.29, 1.82) is 0 Å². The first-order valence-corrected chi connectivity index (χ1v) is 5.25. The molecule has 0 aliphatic heterocycles. The minimum absolute atomic E-state index is 0.00347. The van der Waals surface area contributed by atoms with Gasteiger partial charge in [0.2, 0.25) is 5.91 Å². The van der Waals surface area contributed by atoms with Gasteiger partial charge in [-0.05, 0) is 13.8 Å². The van der Waals surface area contributed by atoms with Gasteiger partial charge in [-0.1, -0.05) is 0 Å². The molecule has 0 saturated carbocycles. The molecule has 1 amide bonds. The predicted molar refractivity (Wildman–Crippen MR) is 66.4 cm³/mol. The zero-order valence-corrected chi connectivity index (χ0v) is 10.9. The zero-order chi connectivity index (χ0) is 14.3. The molecule has 0 radical (unpaired) electrons. The van der Waals surface area contributed by atoms with Gasteiger partial charge >= 0.3 is 5.69 Å². The number of aryl methyl sites for hydroxylation is 1. The number of aromatic nitrogens is 2. The van der Waals surface area contributed by atoms with Crippen LogP contribution in [0.4, 0.5) is 0 Å². The lowest BCUT2D eigenvalue weighted by Gasteiger charge is -1.94. The summed E-state index contributed by atoms with van der Waals surface area (Å²) in [4.78, 5) is 44.5. The van der Waals surface area contributed by atoms with Gasteiger partial charge in [0.25, 0.3) is 5.56 Å². The monoisotopic (exact) mass is 255 g/mol. The number of hydrogen-bond acceptors (Lipinski definition) is 4. The first kappa shape index (κ1) is 15.8. The van der Waals surface area contributed by atoms with E-state index in [9.17, 15) is 19.2 Å². The molecule has 0 aliphatic carbocycles. The number of aromatic amines is 1. The van der Waals surface area contributed by atoms with Gasteiger partial charge in [0.15, 0.2) is 0 Å². The molecule has 100 valence electrons. The van der Waals surface area contributed by atoms with E-state index in [0.29, 0.717) is 5.69 Å².